The molecule has 1 heterocycles. The molecule has 0 saturated carbocycles. The smallest absolute Gasteiger partial charge is 0.264 e. The average Bonchev–Trinajstić information content (AvgIpc) is 2.89. The van der Waals surface area contributed by atoms with Gasteiger partial charge in [0, 0.05) is 12.6 Å². The molecule has 0 bridgehead atoms. The highest BCUT2D eigenvalue weighted by Gasteiger charge is 2.29. The van der Waals surface area contributed by atoms with Crippen molar-refractivity contribution in [1.29, 1.82) is 0 Å². The van der Waals surface area contributed by atoms with Gasteiger partial charge in [-0.25, -0.2) is 12.8 Å². The number of benzene rings is 3. The number of sulfonamides is 1. The van der Waals surface area contributed by atoms with E-state index in [0.29, 0.717) is 44.1 Å². The molecular formula is C26H27FN2O6S. The first kappa shape index (κ1) is 25.3. The van der Waals surface area contributed by atoms with Gasteiger partial charge in [-0.05, 0) is 60.9 Å². The monoisotopic (exact) mass is 514 g/mol. The molecule has 0 spiro atoms. The maximum atomic E-state index is 14.0. The van der Waals surface area contributed by atoms with Gasteiger partial charge >= 0.3 is 0 Å². The Kier molecular flexibility index (Phi) is 7.94. The normalized spacial score (nSPS) is 12.6. The zero-order chi connectivity index (χ0) is 25.5. The number of anilines is 1. The summed E-state index contributed by atoms with van der Waals surface area (Å²) in [7, 11) is -2.62. The maximum Gasteiger partial charge on any atom is 0.264 e. The molecule has 0 fully saturated rings. The number of methoxy groups -OCH3 is 1. The van der Waals surface area contributed by atoms with E-state index < -0.39 is 28.3 Å². The Labute approximate surface area is 209 Å². The highest BCUT2D eigenvalue weighted by Crippen LogP contribution is 2.34. The third kappa shape index (κ3) is 6.06. The predicted molar refractivity (Wildman–Crippen MR) is 133 cm³/mol. The standard InChI is InChI=1S/C26H27FN2O6S/c1-33-22-9-2-5-19(15-22)6-4-12-28-26(30)18-29(21-8-3-7-20(27)16-21)36(31,32)23-10-11-24-25(17-23)35-14-13-34-24/h2-3,5,7-11,15-17H,4,6,12-14,18H2,1H3,(H,28,30). The molecule has 10 heteroatoms. The Hall–Kier alpha value is -3.79. The van der Waals surface area contributed by atoms with Gasteiger partial charge < -0.3 is 19.5 Å². The first-order valence-electron chi connectivity index (χ1n) is 11.4. The van der Waals surface area contributed by atoms with Crippen LogP contribution >= 0.6 is 0 Å². The summed E-state index contributed by atoms with van der Waals surface area (Å²) in [4.78, 5) is 12.7. The molecule has 1 amide bonds. The van der Waals surface area contributed by atoms with Crippen LogP contribution in [0, 0.1) is 5.82 Å². The number of rotatable bonds is 10. The molecule has 1 aliphatic heterocycles. The fourth-order valence-electron chi connectivity index (χ4n) is 3.79. The van der Waals surface area contributed by atoms with Crippen LogP contribution in [0.4, 0.5) is 10.1 Å². The Morgan fingerprint density at radius 3 is 2.58 bits per heavy atom. The van der Waals surface area contributed by atoms with E-state index in [4.69, 9.17) is 14.2 Å². The zero-order valence-corrected chi connectivity index (χ0v) is 20.6. The predicted octanol–water partition coefficient (Wildman–Crippen LogP) is 3.55. The summed E-state index contributed by atoms with van der Waals surface area (Å²) in [5.74, 6) is 0.362. The number of hydrogen-bond donors (Lipinski definition) is 1. The largest absolute Gasteiger partial charge is 0.497 e. The minimum absolute atomic E-state index is 0.0384. The van der Waals surface area contributed by atoms with Crippen LogP contribution in [-0.2, 0) is 21.2 Å². The van der Waals surface area contributed by atoms with E-state index in [-0.39, 0.29) is 10.6 Å². The second-order valence-corrected chi connectivity index (χ2v) is 9.96. The lowest BCUT2D eigenvalue weighted by Crippen LogP contribution is -2.41. The van der Waals surface area contributed by atoms with E-state index in [9.17, 15) is 17.6 Å². The summed E-state index contributed by atoms with van der Waals surface area (Å²) in [5, 5.41) is 2.76. The lowest BCUT2D eigenvalue weighted by atomic mass is 10.1. The van der Waals surface area contributed by atoms with E-state index >= 15 is 0 Å². The van der Waals surface area contributed by atoms with Crippen molar-refractivity contribution in [2.75, 3.05) is 37.7 Å². The molecule has 8 nitrogen and oxygen atoms in total. The van der Waals surface area contributed by atoms with Crippen molar-refractivity contribution in [2.45, 2.75) is 17.7 Å². The first-order valence-corrected chi connectivity index (χ1v) is 12.9. The fraction of sp³-hybridized carbons (Fsp3) is 0.269. The van der Waals surface area contributed by atoms with Crippen LogP contribution in [0.2, 0.25) is 0 Å². The van der Waals surface area contributed by atoms with Gasteiger partial charge in [-0.15, -0.1) is 0 Å². The van der Waals surface area contributed by atoms with E-state index in [0.717, 1.165) is 21.7 Å². The van der Waals surface area contributed by atoms with Crippen LogP contribution in [0.15, 0.2) is 71.6 Å². The summed E-state index contributed by atoms with van der Waals surface area (Å²) in [6.07, 6.45) is 1.36. The number of carbonyl (C=O) groups is 1. The number of aryl methyl sites for hydroxylation is 1. The lowest BCUT2D eigenvalue weighted by molar-refractivity contribution is -0.119. The second kappa shape index (κ2) is 11.3. The van der Waals surface area contributed by atoms with Gasteiger partial charge in [-0.3, -0.25) is 9.10 Å². The molecule has 0 aromatic heterocycles. The van der Waals surface area contributed by atoms with Crippen LogP contribution in [0.3, 0.4) is 0 Å². The summed E-state index contributed by atoms with van der Waals surface area (Å²) >= 11 is 0. The second-order valence-electron chi connectivity index (χ2n) is 8.10. The minimum Gasteiger partial charge on any atom is -0.497 e. The summed E-state index contributed by atoms with van der Waals surface area (Å²) in [5.41, 5.74) is 1.10. The highest BCUT2D eigenvalue weighted by atomic mass is 32.2. The number of nitrogens with zero attached hydrogens (tertiary/aromatic N) is 1. The quantitative estimate of drug-likeness (QED) is 0.416. The van der Waals surface area contributed by atoms with E-state index in [1.165, 1.54) is 36.4 Å². The van der Waals surface area contributed by atoms with Gasteiger partial charge in [0.15, 0.2) is 11.5 Å². The molecule has 3 aromatic carbocycles. The van der Waals surface area contributed by atoms with Crippen molar-refractivity contribution in [3.63, 3.8) is 0 Å². The highest BCUT2D eigenvalue weighted by molar-refractivity contribution is 7.92. The molecule has 4 rings (SSSR count). The number of carbonyl (C=O) groups excluding carboxylic acids is 1. The Morgan fingerprint density at radius 1 is 1.03 bits per heavy atom. The molecule has 0 radical (unpaired) electrons. The number of hydrogen-bond acceptors (Lipinski definition) is 6. The first-order chi connectivity index (χ1) is 17.4. The third-order valence-electron chi connectivity index (χ3n) is 5.58. The number of fused-ring (bicyclic) bond motifs is 1. The van der Waals surface area contributed by atoms with Gasteiger partial charge in [0.25, 0.3) is 10.0 Å². The number of ether oxygens (including phenoxy) is 3. The van der Waals surface area contributed by atoms with Crippen LogP contribution in [0.5, 0.6) is 17.2 Å². The van der Waals surface area contributed by atoms with Gasteiger partial charge in [-0.2, -0.15) is 0 Å². The van der Waals surface area contributed by atoms with Crippen molar-refractivity contribution in [3.05, 3.63) is 78.1 Å². The van der Waals surface area contributed by atoms with E-state index in [1.54, 1.807) is 7.11 Å². The molecular weight excluding hydrogens is 487 g/mol. The van der Waals surface area contributed by atoms with Crippen molar-refractivity contribution in [3.8, 4) is 17.2 Å². The van der Waals surface area contributed by atoms with Crippen molar-refractivity contribution in [1.82, 2.24) is 5.32 Å². The number of amides is 1. The average molecular weight is 515 g/mol. The van der Waals surface area contributed by atoms with Gasteiger partial charge in [-0.1, -0.05) is 18.2 Å². The summed E-state index contributed by atoms with van der Waals surface area (Å²) in [6, 6.07) is 17.0. The zero-order valence-electron chi connectivity index (χ0n) is 19.8. The molecule has 36 heavy (non-hydrogen) atoms. The number of halogens is 1. The Balaban J connectivity index is 1.47. The van der Waals surface area contributed by atoms with E-state index in [1.807, 2.05) is 24.3 Å². The molecule has 0 atom stereocenters. The van der Waals surface area contributed by atoms with Crippen LogP contribution in [0.25, 0.3) is 0 Å². The van der Waals surface area contributed by atoms with Crippen LogP contribution < -0.4 is 23.8 Å². The van der Waals surface area contributed by atoms with Crippen molar-refractivity contribution < 1.29 is 31.8 Å². The fourth-order valence-corrected chi connectivity index (χ4v) is 5.22. The Bertz CT molecular complexity index is 1330. The van der Waals surface area contributed by atoms with E-state index in [2.05, 4.69) is 5.32 Å². The van der Waals surface area contributed by atoms with Crippen LogP contribution in [-0.4, -0.2) is 47.7 Å². The Morgan fingerprint density at radius 2 is 1.81 bits per heavy atom. The minimum atomic E-state index is -4.22. The van der Waals surface area contributed by atoms with Gasteiger partial charge in [0.2, 0.25) is 5.91 Å². The lowest BCUT2D eigenvalue weighted by Gasteiger charge is -2.25. The molecule has 3 aromatic rings. The molecule has 0 aliphatic carbocycles. The molecule has 1 aliphatic rings. The maximum absolute atomic E-state index is 14.0. The SMILES string of the molecule is COc1cccc(CCCNC(=O)CN(c2cccc(F)c2)S(=O)(=O)c2ccc3c(c2)OCCO3)c1. The molecule has 0 unspecified atom stereocenters. The summed E-state index contributed by atoms with van der Waals surface area (Å²) < 4.78 is 58.2. The van der Waals surface area contributed by atoms with Crippen molar-refractivity contribution >= 4 is 21.6 Å². The molecule has 0 saturated heterocycles. The van der Waals surface area contributed by atoms with Crippen molar-refractivity contribution in [2.24, 2.45) is 0 Å². The van der Waals surface area contributed by atoms with Gasteiger partial charge in [0.05, 0.1) is 17.7 Å². The molecule has 190 valence electrons. The third-order valence-corrected chi connectivity index (χ3v) is 7.35. The van der Waals surface area contributed by atoms with Crippen LogP contribution in [0.1, 0.15) is 12.0 Å². The summed E-state index contributed by atoms with van der Waals surface area (Å²) in [6.45, 7) is 0.491. The van der Waals surface area contributed by atoms with Gasteiger partial charge in [0.1, 0.15) is 31.3 Å². The molecule has 1 N–H and O–H groups in total. The topological polar surface area (TPSA) is 94.2 Å². The number of nitrogens with one attached hydrogen (secondary N) is 1.